The first kappa shape index (κ1) is 17.6. The van der Waals surface area contributed by atoms with Crippen LogP contribution in [0, 0.1) is 8.99 Å². The molecule has 1 spiro atoms. The Morgan fingerprint density at radius 3 is 2.56 bits per heavy atom. The minimum absolute atomic E-state index is 0.0958. The van der Waals surface area contributed by atoms with E-state index in [0.29, 0.717) is 0 Å². The summed E-state index contributed by atoms with van der Waals surface area (Å²) in [5.74, 6) is 0.0958. The molecule has 1 atom stereocenters. The van der Waals surface area contributed by atoms with E-state index in [2.05, 4.69) is 56.7 Å². The molecule has 3 aliphatic rings. The van der Waals surface area contributed by atoms with Crippen LogP contribution in [0.2, 0.25) is 0 Å². The Morgan fingerprint density at radius 1 is 1.12 bits per heavy atom. The monoisotopic (exact) mass is 454 g/mol. The van der Waals surface area contributed by atoms with Crippen LogP contribution in [-0.2, 0) is 9.53 Å². The van der Waals surface area contributed by atoms with Gasteiger partial charge in [0, 0.05) is 42.7 Å². The molecule has 0 aromatic heterocycles. The topological polar surface area (TPSA) is 32.8 Å². The van der Waals surface area contributed by atoms with E-state index in [1.165, 1.54) is 22.1 Å². The lowest BCUT2D eigenvalue weighted by atomic mass is 9.83. The van der Waals surface area contributed by atoms with Gasteiger partial charge in [-0.25, -0.2) is 0 Å². The molecule has 5 heteroatoms. The second-order valence-corrected chi connectivity index (χ2v) is 8.95. The smallest absolute Gasteiger partial charge is 0.312 e. The van der Waals surface area contributed by atoms with Crippen molar-refractivity contribution in [3.63, 3.8) is 0 Å². The maximum absolute atomic E-state index is 12.2. The SMILES string of the molecule is O=C1O[C@@H](CCN2CCN(c3ccccc3I)CC2)CC12CCCC2. The van der Waals surface area contributed by atoms with Crippen molar-refractivity contribution in [2.24, 2.45) is 5.41 Å². The first-order chi connectivity index (χ1) is 12.2. The molecule has 136 valence electrons. The zero-order chi connectivity index (χ0) is 17.3. The molecule has 3 fully saturated rings. The number of cyclic esters (lactones) is 1. The molecule has 1 aromatic carbocycles. The van der Waals surface area contributed by atoms with Crippen molar-refractivity contribution in [3.05, 3.63) is 27.8 Å². The molecule has 0 amide bonds. The van der Waals surface area contributed by atoms with Crippen LogP contribution in [-0.4, -0.2) is 49.7 Å². The summed E-state index contributed by atoms with van der Waals surface area (Å²) in [6, 6.07) is 8.62. The Kier molecular flexibility index (Phi) is 5.23. The van der Waals surface area contributed by atoms with Crippen LogP contribution in [0.5, 0.6) is 0 Å². The van der Waals surface area contributed by atoms with Gasteiger partial charge < -0.3 is 9.64 Å². The summed E-state index contributed by atoms with van der Waals surface area (Å²) in [7, 11) is 0. The van der Waals surface area contributed by atoms with Gasteiger partial charge in [-0.15, -0.1) is 0 Å². The number of para-hydroxylation sites is 1. The Morgan fingerprint density at radius 2 is 1.84 bits per heavy atom. The molecule has 0 radical (unpaired) electrons. The number of piperazine rings is 1. The normalized spacial score (nSPS) is 26.4. The fourth-order valence-electron chi connectivity index (χ4n) is 4.71. The van der Waals surface area contributed by atoms with Gasteiger partial charge in [0.05, 0.1) is 11.1 Å². The molecule has 4 rings (SSSR count). The highest BCUT2D eigenvalue weighted by Crippen LogP contribution is 2.48. The van der Waals surface area contributed by atoms with Gasteiger partial charge >= 0.3 is 5.97 Å². The van der Waals surface area contributed by atoms with E-state index in [9.17, 15) is 4.79 Å². The molecule has 1 aromatic rings. The third kappa shape index (κ3) is 3.68. The van der Waals surface area contributed by atoms with Crippen LogP contribution >= 0.6 is 22.6 Å². The van der Waals surface area contributed by atoms with Gasteiger partial charge in [-0.05, 0) is 54.0 Å². The molecule has 2 aliphatic heterocycles. The fourth-order valence-corrected chi connectivity index (χ4v) is 5.43. The molecule has 1 aliphatic carbocycles. The van der Waals surface area contributed by atoms with E-state index in [4.69, 9.17) is 4.74 Å². The third-order valence-corrected chi connectivity index (χ3v) is 7.13. The lowest BCUT2D eigenvalue weighted by Gasteiger charge is -2.36. The highest BCUT2D eigenvalue weighted by molar-refractivity contribution is 14.1. The van der Waals surface area contributed by atoms with Crippen molar-refractivity contribution < 1.29 is 9.53 Å². The average molecular weight is 454 g/mol. The lowest BCUT2D eigenvalue weighted by Crippen LogP contribution is -2.47. The molecule has 0 N–H and O–H groups in total. The predicted octanol–water partition coefficient (Wildman–Crippen LogP) is 3.68. The van der Waals surface area contributed by atoms with E-state index in [1.54, 1.807) is 0 Å². The molecule has 2 saturated heterocycles. The van der Waals surface area contributed by atoms with Gasteiger partial charge in [0.25, 0.3) is 0 Å². The molecule has 4 nitrogen and oxygen atoms in total. The number of hydrogen-bond acceptors (Lipinski definition) is 4. The standard InChI is InChI=1S/C20H27IN2O2/c21-17-5-1-2-6-18(17)23-13-11-22(12-14-23)10-7-16-15-20(19(24)25-16)8-3-4-9-20/h1-2,5-6,16H,3-4,7-15H2/t16-/m0/s1. The average Bonchev–Trinajstić information content (AvgIpc) is 3.22. The van der Waals surface area contributed by atoms with Crippen molar-refractivity contribution >= 4 is 34.2 Å². The van der Waals surface area contributed by atoms with Crippen LogP contribution in [0.4, 0.5) is 5.69 Å². The summed E-state index contributed by atoms with van der Waals surface area (Å²) >= 11 is 2.42. The number of ether oxygens (including phenoxy) is 1. The van der Waals surface area contributed by atoms with Crippen LogP contribution in [0.3, 0.4) is 0 Å². The summed E-state index contributed by atoms with van der Waals surface area (Å²) in [4.78, 5) is 17.3. The first-order valence-electron chi connectivity index (χ1n) is 9.59. The number of hydrogen-bond donors (Lipinski definition) is 0. The van der Waals surface area contributed by atoms with E-state index < -0.39 is 0 Å². The second kappa shape index (κ2) is 7.43. The highest BCUT2D eigenvalue weighted by Gasteiger charge is 2.50. The number of benzene rings is 1. The summed E-state index contributed by atoms with van der Waals surface area (Å²) < 4.78 is 7.05. The molecule has 1 saturated carbocycles. The predicted molar refractivity (Wildman–Crippen MR) is 108 cm³/mol. The lowest BCUT2D eigenvalue weighted by molar-refractivity contribution is -0.148. The van der Waals surface area contributed by atoms with Gasteiger partial charge in [-0.1, -0.05) is 25.0 Å². The Hall–Kier alpha value is -0.820. The van der Waals surface area contributed by atoms with Crippen LogP contribution in [0.1, 0.15) is 38.5 Å². The largest absolute Gasteiger partial charge is 0.462 e. The van der Waals surface area contributed by atoms with Crippen LogP contribution in [0.15, 0.2) is 24.3 Å². The minimum Gasteiger partial charge on any atom is -0.462 e. The first-order valence-corrected chi connectivity index (χ1v) is 10.7. The van der Waals surface area contributed by atoms with Crippen molar-refractivity contribution in [2.45, 2.75) is 44.6 Å². The maximum atomic E-state index is 12.2. The van der Waals surface area contributed by atoms with E-state index in [0.717, 1.165) is 58.4 Å². The van der Waals surface area contributed by atoms with Crippen molar-refractivity contribution in [1.29, 1.82) is 0 Å². The Balaban J connectivity index is 1.24. The molecule has 0 bridgehead atoms. The number of esters is 1. The number of carbonyl (C=O) groups excluding carboxylic acids is 1. The molecule has 25 heavy (non-hydrogen) atoms. The number of halogens is 1. The van der Waals surface area contributed by atoms with E-state index in [1.807, 2.05) is 0 Å². The van der Waals surface area contributed by atoms with Gasteiger partial charge in [-0.3, -0.25) is 9.69 Å². The second-order valence-electron chi connectivity index (χ2n) is 7.79. The third-order valence-electron chi connectivity index (χ3n) is 6.22. The van der Waals surface area contributed by atoms with Gasteiger partial charge in [0.15, 0.2) is 0 Å². The van der Waals surface area contributed by atoms with Crippen LogP contribution < -0.4 is 4.90 Å². The number of carbonyl (C=O) groups is 1. The summed E-state index contributed by atoms with van der Waals surface area (Å²) in [6.45, 7) is 5.39. The van der Waals surface area contributed by atoms with Crippen molar-refractivity contribution in [3.8, 4) is 0 Å². The zero-order valence-electron chi connectivity index (χ0n) is 14.8. The molecule has 0 unspecified atom stereocenters. The molecular weight excluding hydrogens is 427 g/mol. The van der Waals surface area contributed by atoms with E-state index >= 15 is 0 Å². The van der Waals surface area contributed by atoms with Crippen LogP contribution in [0.25, 0.3) is 0 Å². The van der Waals surface area contributed by atoms with Gasteiger partial charge in [0.2, 0.25) is 0 Å². The Labute approximate surface area is 164 Å². The van der Waals surface area contributed by atoms with Crippen molar-refractivity contribution in [1.82, 2.24) is 4.90 Å². The van der Waals surface area contributed by atoms with E-state index in [-0.39, 0.29) is 17.5 Å². The minimum atomic E-state index is -0.104. The summed E-state index contributed by atoms with van der Waals surface area (Å²) in [5, 5.41) is 0. The fraction of sp³-hybridized carbons (Fsp3) is 0.650. The molecule has 2 heterocycles. The van der Waals surface area contributed by atoms with Gasteiger partial charge in [-0.2, -0.15) is 0 Å². The number of nitrogens with zero attached hydrogens (tertiary/aromatic N) is 2. The quantitative estimate of drug-likeness (QED) is 0.514. The summed E-state index contributed by atoms with van der Waals surface area (Å²) in [6.07, 6.45) is 6.61. The highest BCUT2D eigenvalue weighted by atomic mass is 127. The number of anilines is 1. The maximum Gasteiger partial charge on any atom is 0.312 e. The summed E-state index contributed by atoms with van der Waals surface area (Å²) in [5.41, 5.74) is 1.25. The van der Waals surface area contributed by atoms with Gasteiger partial charge in [0.1, 0.15) is 6.10 Å². The molecular formula is C20H27IN2O2. The number of rotatable bonds is 4. The zero-order valence-corrected chi connectivity index (χ0v) is 16.9. The Bertz CT molecular complexity index is 622. The van der Waals surface area contributed by atoms with Crippen molar-refractivity contribution in [2.75, 3.05) is 37.6 Å².